The minimum atomic E-state index is -1.46. The molecule has 0 aromatic carbocycles. The SMILES string of the molecule is CC1(C)NC(=O)N(CCC(=O)NCC(O)C(N)=O)C1=O. The molecule has 0 spiro atoms. The van der Waals surface area contributed by atoms with Gasteiger partial charge in [0.1, 0.15) is 11.6 Å². The minimum Gasteiger partial charge on any atom is -0.381 e. The van der Waals surface area contributed by atoms with Crippen LogP contribution in [0.25, 0.3) is 0 Å². The summed E-state index contributed by atoms with van der Waals surface area (Å²) in [5.74, 6) is -1.86. The van der Waals surface area contributed by atoms with Crippen molar-refractivity contribution in [2.24, 2.45) is 5.73 Å². The number of urea groups is 1. The van der Waals surface area contributed by atoms with E-state index in [0.717, 1.165) is 4.90 Å². The summed E-state index contributed by atoms with van der Waals surface area (Å²) in [7, 11) is 0. The van der Waals surface area contributed by atoms with Gasteiger partial charge in [-0.15, -0.1) is 0 Å². The largest absolute Gasteiger partial charge is 0.381 e. The van der Waals surface area contributed by atoms with Crippen molar-refractivity contribution in [1.82, 2.24) is 15.5 Å². The molecule has 1 heterocycles. The summed E-state index contributed by atoms with van der Waals surface area (Å²) < 4.78 is 0. The molecule has 1 atom stereocenters. The van der Waals surface area contributed by atoms with Gasteiger partial charge in [0.05, 0.1) is 6.54 Å². The highest BCUT2D eigenvalue weighted by molar-refractivity contribution is 6.06. The lowest BCUT2D eigenvalue weighted by molar-refractivity contribution is -0.130. The molecule has 0 bridgehead atoms. The molecule has 1 fully saturated rings. The molecular weight excluding hydrogens is 268 g/mol. The summed E-state index contributed by atoms with van der Waals surface area (Å²) in [6.07, 6.45) is -1.59. The fourth-order valence-electron chi connectivity index (χ4n) is 1.63. The average molecular weight is 286 g/mol. The second-order valence-corrected chi connectivity index (χ2v) is 4.98. The first-order chi connectivity index (χ1) is 9.15. The fourth-order valence-corrected chi connectivity index (χ4v) is 1.63. The number of nitrogens with zero attached hydrogens (tertiary/aromatic N) is 1. The lowest BCUT2D eigenvalue weighted by Gasteiger charge is -2.16. The maximum Gasteiger partial charge on any atom is 0.325 e. The van der Waals surface area contributed by atoms with Crippen molar-refractivity contribution in [2.75, 3.05) is 13.1 Å². The number of aliphatic hydroxyl groups is 1. The van der Waals surface area contributed by atoms with Crippen LogP contribution in [0.4, 0.5) is 4.79 Å². The molecule has 20 heavy (non-hydrogen) atoms. The predicted octanol–water partition coefficient (Wildman–Crippen LogP) is -2.33. The number of nitrogens with one attached hydrogen (secondary N) is 2. The van der Waals surface area contributed by atoms with Crippen LogP contribution in [0, 0.1) is 0 Å². The van der Waals surface area contributed by atoms with E-state index in [1.54, 1.807) is 13.8 Å². The van der Waals surface area contributed by atoms with Crippen molar-refractivity contribution < 1.29 is 24.3 Å². The summed E-state index contributed by atoms with van der Waals surface area (Å²) in [6.45, 7) is 2.75. The van der Waals surface area contributed by atoms with E-state index in [1.807, 2.05) is 0 Å². The van der Waals surface area contributed by atoms with Gasteiger partial charge in [-0.05, 0) is 13.8 Å². The molecule has 0 aromatic heterocycles. The molecule has 1 unspecified atom stereocenters. The highest BCUT2D eigenvalue weighted by Crippen LogP contribution is 2.16. The van der Waals surface area contributed by atoms with Crippen molar-refractivity contribution in [1.29, 1.82) is 0 Å². The van der Waals surface area contributed by atoms with Crippen molar-refractivity contribution in [3.63, 3.8) is 0 Å². The molecule has 1 aliphatic heterocycles. The van der Waals surface area contributed by atoms with Crippen LogP contribution >= 0.6 is 0 Å². The van der Waals surface area contributed by atoms with E-state index < -0.39 is 35.4 Å². The van der Waals surface area contributed by atoms with E-state index in [-0.39, 0.29) is 19.5 Å². The van der Waals surface area contributed by atoms with E-state index in [4.69, 9.17) is 10.8 Å². The predicted molar refractivity (Wildman–Crippen MR) is 67.2 cm³/mol. The quantitative estimate of drug-likeness (QED) is 0.405. The number of amides is 5. The Morgan fingerprint density at radius 1 is 1.45 bits per heavy atom. The van der Waals surface area contributed by atoms with E-state index in [1.165, 1.54) is 0 Å². The second kappa shape index (κ2) is 5.87. The van der Waals surface area contributed by atoms with E-state index in [2.05, 4.69) is 10.6 Å². The molecule has 1 aliphatic rings. The van der Waals surface area contributed by atoms with Crippen LogP contribution in [0.2, 0.25) is 0 Å². The maximum atomic E-state index is 11.8. The Bertz CT molecular complexity index is 448. The van der Waals surface area contributed by atoms with Gasteiger partial charge in [0.25, 0.3) is 5.91 Å². The third-order valence-electron chi connectivity index (χ3n) is 2.83. The van der Waals surface area contributed by atoms with Crippen molar-refractivity contribution in [2.45, 2.75) is 31.9 Å². The molecule has 1 rings (SSSR count). The number of primary amides is 1. The molecule has 9 nitrogen and oxygen atoms in total. The highest BCUT2D eigenvalue weighted by atomic mass is 16.3. The third-order valence-corrected chi connectivity index (χ3v) is 2.83. The van der Waals surface area contributed by atoms with Crippen molar-refractivity contribution in [3.8, 4) is 0 Å². The number of carbonyl (C=O) groups excluding carboxylic acids is 4. The Hall–Kier alpha value is -2.16. The summed E-state index contributed by atoms with van der Waals surface area (Å²) in [6, 6.07) is -0.551. The third kappa shape index (κ3) is 3.67. The highest BCUT2D eigenvalue weighted by Gasteiger charge is 2.43. The summed E-state index contributed by atoms with van der Waals surface area (Å²) in [5.41, 5.74) is 3.84. The second-order valence-electron chi connectivity index (χ2n) is 4.98. The molecule has 1 saturated heterocycles. The van der Waals surface area contributed by atoms with Gasteiger partial charge >= 0.3 is 6.03 Å². The first-order valence-corrected chi connectivity index (χ1v) is 6.03. The minimum absolute atomic E-state index is 0.0768. The van der Waals surface area contributed by atoms with Gasteiger partial charge in [-0.25, -0.2) is 4.79 Å². The number of hydrogen-bond donors (Lipinski definition) is 4. The number of aliphatic hydroxyl groups excluding tert-OH is 1. The van der Waals surface area contributed by atoms with Crippen LogP contribution in [0.15, 0.2) is 0 Å². The molecule has 112 valence electrons. The van der Waals surface area contributed by atoms with Crippen LogP contribution in [-0.2, 0) is 14.4 Å². The van der Waals surface area contributed by atoms with E-state index >= 15 is 0 Å². The summed E-state index contributed by atoms with van der Waals surface area (Å²) in [5, 5.41) is 13.9. The first-order valence-electron chi connectivity index (χ1n) is 6.03. The lowest BCUT2D eigenvalue weighted by atomic mass is 10.1. The van der Waals surface area contributed by atoms with Crippen LogP contribution in [0.1, 0.15) is 20.3 Å². The standard InChI is InChI=1S/C11H18N4O5/c1-11(2)9(19)15(10(20)14-11)4-3-7(17)13-5-6(16)8(12)18/h6,16H,3-5H2,1-2H3,(H2,12,18)(H,13,17)(H,14,20). The monoisotopic (exact) mass is 286 g/mol. The van der Waals surface area contributed by atoms with Gasteiger partial charge < -0.3 is 21.5 Å². The number of nitrogens with two attached hydrogens (primary N) is 1. The Kier molecular flexibility index (Phi) is 4.66. The summed E-state index contributed by atoms with van der Waals surface area (Å²) >= 11 is 0. The summed E-state index contributed by atoms with van der Waals surface area (Å²) in [4.78, 5) is 46.3. The molecule has 5 N–H and O–H groups in total. The first kappa shape index (κ1) is 15.9. The Balaban J connectivity index is 2.40. The van der Waals surface area contributed by atoms with Gasteiger partial charge in [-0.3, -0.25) is 19.3 Å². The number of hydrogen-bond acceptors (Lipinski definition) is 5. The zero-order chi connectivity index (χ0) is 15.5. The molecule has 9 heteroatoms. The number of carbonyl (C=O) groups is 4. The Labute approximate surface area is 115 Å². The van der Waals surface area contributed by atoms with Crippen LogP contribution in [0.3, 0.4) is 0 Å². The zero-order valence-electron chi connectivity index (χ0n) is 11.3. The Morgan fingerprint density at radius 3 is 2.50 bits per heavy atom. The molecule has 0 radical (unpaired) electrons. The lowest BCUT2D eigenvalue weighted by Crippen LogP contribution is -2.42. The van der Waals surface area contributed by atoms with E-state index in [0.29, 0.717) is 0 Å². The van der Waals surface area contributed by atoms with Crippen LogP contribution in [0.5, 0.6) is 0 Å². The van der Waals surface area contributed by atoms with Gasteiger partial charge in [-0.2, -0.15) is 0 Å². The topological polar surface area (TPSA) is 142 Å². The van der Waals surface area contributed by atoms with Crippen LogP contribution in [-0.4, -0.2) is 58.5 Å². The zero-order valence-corrected chi connectivity index (χ0v) is 11.3. The van der Waals surface area contributed by atoms with Gasteiger partial charge in [0.15, 0.2) is 0 Å². The fraction of sp³-hybridized carbons (Fsp3) is 0.636. The molecular formula is C11H18N4O5. The Morgan fingerprint density at radius 2 is 2.05 bits per heavy atom. The van der Waals surface area contributed by atoms with Crippen molar-refractivity contribution in [3.05, 3.63) is 0 Å². The molecule has 5 amide bonds. The number of imide groups is 1. The van der Waals surface area contributed by atoms with Gasteiger partial charge in [-0.1, -0.05) is 0 Å². The normalized spacial score (nSPS) is 18.6. The molecule has 0 aliphatic carbocycles. The van der Waals surface area contributed by atoms with Gasteiger partial charge in [0.2, 0.25) is 11.8 Å². The number of rotatable bonds is 6. The van der Waals surface area contributed by atoms with Crippen molar-refractivity contribution >= 4 is 23.8 Å². The smallest absolute Gasteiger partial charge is 0.325 e. The van der Waals surface area contributed by atoms with Crippen LogP contribution < -0.4 is 16.4 Å². The average Bonchev–Trinajstić information content (AvgIpc) is 2.53. The van der Waals surface area contributed by atoms with E-state index in [9.17, 15) is 19.2 Å². The molecule has 0 saturated carbocycles. The maximum absolute atomic E-state index is 11.8. The molecule has 0 aromatic rings. The van der Waals surface area contributed by atoms with Gasteiger partial charge in [0, 0.05) is 13.0 Å².